The van der Waals surface area contributed by atoms with Crippen LogP contribution in [0.2, 0.25) is 0 Å². The summed E-state index contributed by atoms with van der Waals surface area (Å²) in [4.78, 5) is 34.5. The lowest BCUT2D eigenvalue weighted by Crippen LogP contribution is -2.56. The number of pyridine rings is 1. The maximum absolute atomic E-state index is 12.6. The Labute approximate surface area is 191 Å². The van der Waals surface area contributed by atoms with Crippen LogP contribution in [0.3, 0.4) is 0 Å². The molecule has 32 heavy (non-hydrogen) atoms. The van der Waals surface area contributed by atoms with Gasteiger partial charge in [0.25, 0.3) is 0 Å². The monoisotopic (exact) mass is 445 g/mol. The highest BCUT2D eigenvalue weighted by Gasteiger charge is 2.45. The minimum atomic E-state index is 0.390. The zero-order chi connectivity index (χ0) is 21.2. The fourth-order valence-corrected chi connectivity index (χ4v) is 7.40. The number of nitrogens with zero attached hydrogens (tertiary/aromatic N) is 5. The number of rotatable bonds is 3. The third-order valence-electron chi connectivity index (χ3n) is 7.77. The molecule has 3 aromatic rings. The lowest BCUT2D eigenvalue weighted by atomic mass is 9.83. The van der Waals surface area contributed by atoms with Crippen molar-refractivity contribution < 1.29 is 4.79 Å². The van der Waals surface area contributed by atoms with Crippen molar-refractivity contribution in [2.75, 3.05) is 18.0 Å². The van der Waals surface area contributed by atoms with E-state index in [1.807, 2.05) is 29.7 Å². The summed E-state index contributed by atoms with van der Waals surface area (Å²) >= 11 is 1.86. The van der Waals surface area contributed by atoms with Crippen LogP contribution in [0.25, 0.3) is 21.6 Å². The van der Waals surface area contributed by atoms with Crippen molar-refractivity contribution in [2.24, 2.45) is 5.92 Å². The van der Waals surface area contributed by atoms with Crippen molar-refractivity contribution in [2.45, 2.75) is 63.5 Å². The number of aromatic nitrogens is 3. The Hall–Kier alpha value is -2.54. The van der Waals surface area contributed by atoms with Crippen LogP contribution in [0.15, 0.2) is 24.5 Å². The van der Waals surface area contributed by atoms with Crippen molar-refractivity contribution in [1.29, 1.82) is 0 Å². The zero-order valence-electron chi connectivity index (χ0n) is 18.2. The minimum absolute atomic E-state index is 0.390. The normalized spacial score (nSPS) is 25.3. The quantitative estimate of drug-likeness (QED) is 0.604. The van der Waals surface area contributed by atoms with Crippen molar-refractivity contribution in [3.63, 3.8) is 0 Å². The molecule has 7 heteroatoms. The van der Waals surface area contributed by atoms with Gasteiger partial charge in [0.05, 0.1) is 5.39 Å². The van der Waals surface area contributed by atoms with Crippen LogP contribution >= 0.6 is 11.3 Å². The van der Waals surface area contributed by atoms with Crippen LogP contribution in [0.1, 0.15) is 49.0 Å². The summed E-state index contributed by atoms with van der Waals surface area (Å²) < 4.78 is 0. The third kappa shape index (κ3) is 2.97. The summed E-state index contributed by atoms with van der Waals surface area (Å²) in [6.45, 7) is 1.95. The van der Waals surface area contributed by atoms with E-state index in [-0.39, 0.29) is 0 Å². The molecule has 4 aliphatic rings. The van der Waals surface area contributed by atoms with Crippen LogP contribution in [-0.4, -0.2) is 50.9 Å². The first-order valence-electron chi connectivity index (χ1n) is 12.0. The van der Waals surface area contributed by atoms with Gasteiger partial charge in [-0.05, 0) is 68.6 Å². The molecule has 0 aromatic carbocycles. The van der Waals surface area contributed by atoms with Crippen molar-refractivity contribution in [1.82, 2.24) is 19.9 Å². The van der Waals surface area contributed by atoms with Gasteiger partial charge in [0.1, 0.15) is 10.6 Å². The summed E-state index contributed by atoms with van der Waals surface area (Å²) in [5.41, 5.74) is 2.46. The van der Waals surface area contributed by atoms with Crippen LogP contribution < -0.4 is 4.90 Å². The number of piperidine rings is 2. The number of likely N-dealkylation sites (tertiary alicyclic amines) is 1. The molecule has 2 atom stereocenters. The highest BCUT2D eigenvalue weighted by molar-refractivity contribution is 7.19. The molecule has 1 amide bonds. The number of carbonyl (C=O) groups excluding carboxylic acids is 1. The van der Waals surface area contributed by atoms with E-state index in [0.717, 1.165) is 54.4 Å². The van der Waals surface area contributed by atoms with Crippen molar-refractivity contribution in [3.05, 3.63) is 35.0 Å². The smallest absolute Gasteiger partial charge is 0.223 e. The van der Waals surface area contributed by atoms with Gasteiger partial charge in [-0.3, -0.25) is 9.78 Å². The second-order valence-corrected chi connectivity index (χ2v) is 10.9. The molecule has 0 spiro atoms. The topological polar surface area (TPSA) is 62.2 Å². The molecule has 5 heterocycles. The molecule has 0 N–H and O–H groups in total. The standard InChI is InChI=1S/C25H27N5OS/c31-21-9-6-16-14-29(12-10-19(16)30(21)17-7-8-17)24-22-18-4-1-5-20(18)32-25(22)28-23(27-24)15-3-2-11-26-13-15/h2-3,11,13,16-17,19H,1,4-10,12,14H2/t16-,19-/m1/s1. The average Bonchev–Trinajstić information content (AvgIpc) is 3.45. The molecule has 0 radical (unpaired) electrons. The third-order valence-corrected chi connectivity index (χ3v) is 8.96. The van der Waals surface area contributed by atoms with Crippen LogP contribution in [0, 0.1) is 5.92 Å². The lowest BCUT2D eigenvalue weighted by molar-refractivity contribution is -0.140. The van der Waals surface area contributed by atoms with Crippen molar-refractivity contribution in [3.8, 4) is 11.4 Å². The molecule has 2 saturated heterocycles. The summed E-state index contributed by atoms with van der Waals surface area (Å²) in [6, 6.07) is 4.94. The number of aryl methyl sites for hydroxylation is 2. The van der Waals surface area contributed by atoms with Gasteiger partial charge >= 0.3 is 0 Å². The molecule has 7 rings (SSSR count). The van der Waals surface area contributed by atoms with Gasteiger partial charge < -0.3 is 9.80 Å². The highest BCUT2D eigenvalue weighted by Crippen LogP contribution is 2.44. The SMILES string of the molecule is O=C1CC[C@@H]2CN(c3nc(-c4cccnc4)nc4sc5c(c34)CCC5)CC[C@H]2N1C1CC1. The van der Waals surface area contributed by atoms with Crippen LogP contribution in [0.5, 0.6) is 0 Å². The Morgan fingerprint density at radius 2 is 2.00 bits per heavy atom. The van der Waals surface area contributed by atoms with E-state index in [1.165, 1.54) is 41.5 Å². The van der Waals surface area contributed by atoms with E-state index < -0.39 is 0 Å². The number of amides is 1. The lowest BCUT2D eigenvalue weighted by Gasteiger charge is -2.47. The largest absolute Gasteiger partial charge is 0.356 e. The molecular formula is C25H27N5OS. The zero-order valence-corrected chi connectivity index (χ0v) is 19.0. The Kier molecular flexibility index (Phi) is 4.29. The molecule has 3 aromatic heterocycles. The summed E-state index contributed by atoms with van der Waals surface area (Å²) in [5.74, 6) is 2.82. The number of thiophene rings is 1. The van der Waals surface area contributed by atoms with Crippen molar-refractivity contribution >= 4 is 33.3 Å². The highest BCUT2D eigenvalue weighted by atomic mass is 32.1. The molecule has 2 aliphatic heterocycles. The molecule has 6 nitrogen and oxygen atoms in total. The minimum Gasteiger partial charge on any atom is -0.356 e. The predicted octanol–water partition coefficient (Wildman–Crippen LogP) is 4.22. The average molecular weight is 446 g/mol. The Morgan fingerprint density at radius 1 is 1.06 bits per heavy atom. The Bertz CT molecular complexity index is 1200. The first kappa shape index (κ1) is 19.0. The number of carbonyl (C=O) groups is 1. The fraction of sp³-hybridized carbons (Fsp3) is 0.520. The van der Waals surface area contributed by atoms with Gasteiger partial charge in [0.2, 0.25) is 5.91 Å². The van der Waals surface area contributed by atoms with Crippen LogP contribution in [-0.2, 0) is 17.6 Å². The van der Waals surface area contributed by atoms with E-state index >= 15 is 0 Å². The molecule has 0 bridgehead atoms. The second-order valence-electron chi connectivity index (χ2n) is 9.78. The van der Waals surface area contributed by atoms with E-state index in [4.69, 9.17) is 9.97 Å². The van der Waals surface area contributed by atoms with Gasteiger partial charge in [-0.2, -0.15) is 0 Å². The van der Waals surface area contributed by atoms with Crippen LogP contribution in [0.4, 0.5) is 5.82 Å². The molecule has 2 aliphatic carbocycles. The molecule has 1 saturated carbocycles. The van der Waals surface area contributed by atoms with E-state index in [0.29, 0.717) is 30.3 Å². The Morgan fingerprint density at radius 3 is 2.84 bits per heavy atom. The molecular weight excluding hydrogens is 418 g/mol. The first-order chi connectivity index (χ1) is 15.8. The summed E-state index contributed by atoms with van der Waals surface area (Å²) in [7, 11) is 0. The predicted molar refractivity (Wildman–Crippen MR) is 126 cm³/mol. The number of fused-ring (bicyclic) bond motifs is 4. The number of hydrogen-bond donors (Lipinski definition) is 0. The molecule has 164 valence electrons. The fourth-order valence-electron chi connectivity index (χ4n) is 6.14. The first-order valence-corrected chi connectivity index (χ1v) is 12.9. The molecule has 3 fully saturated rings. The van der Waals surface area contributed by atoms with Gasteiger partial charge in [0, 0.05) is 54.4 Å². The Balaban J connectivity index is 1.29. The second kappa shape index (κ2) is 7.24. The van der Waals surface area contributed by atoms with Gasteiger partial charge in [0.15, 0.2) is 5.82 Å². The van der Waals surface area contributed by atoms with Gasteiger partial charge in [-0.1, -0.05) is 0 Å². The maximum atomic E-state index is 12.6. The van der Waals surface area contributed by atoms with Gasteiger partial charge in [-0.25, -0.2) is 9.97 Å². The number of anilines is 1. The van der Waals surface area contributed by atoms with E-state index in [1.54, 1.807) is 6.20 Å². The summed E-state index contributed by atoms with van der Waals surface area (Å²) in [6.07, 6.45) is 12.4. The van der Waals surface area contributed by atoms with E-state index in [9.17, 15) is 4.79 Å². The van der Waals surface area contributed by atoms with E-state index in [2.05, 4.69) is 14.8 Å². The summed E-state index contributed by atoms with van der Waals surface area (Å²) in [5, 5.41) is 1.29. The molecule has 0 unspecified atom stereocenters. The number of hydrogen-bond acceptors (Lipinski definition) is 6. The van der Waals surface area contributed by atoms with Gasteiger partial charge in [-0.15, -0.1) is 11.3 Å². The maximum Gasteiger partial charge on any atom is 0.223 e.